The molecule has 3 N–H and O–H groups in total. The summed E-state index contributed by atoms with van der Waals surface area (Å²) < 4.78 is 5.24. The van der Waals surface area contributed by atoms with Crippen LogP contribution >= 0.6 is 0 Å². The molecule has 4 saturated carbocycles. The summed E-state index contributed by atoms with van der Waals surface area (Å²) in [7, 11) is 1.96. The van der Waals surface area contributed by atoms with Gasteiger partial charge in [-0.3, -0.25) is 0 Å². The lowest BCUT2D eigenvalue weighted by Crippen LogP contribution is -2.63. The summed E-state index contributed by atoms with van der Waals surface area (Å²) in [5.41, 5.74) is -0.00622. The first-order valence-electron chi connectivity index (χ1n) is 15.3. The lowest BCUT2D eigenvalue weighted by molar-refractivity contribution is -0.203. The van der Waals surface area contributed by atoms with Gasteiger partial charge >= 0.3 is 11.7 Å². The number of rotatable bonds is 3. The first-order valence-corrected chi connectivity index (χ1v) is 15.3. The first kappa shape index (κ1) is 27.3. The molecule has 1 aromatic rings. The van der Waals surface area contributed by atoms with Crippen LogP contribution < -0.4 is 10.9 Å². The Morgan fingerprint density at radius 3 is 2.69 bits per heavy atom. The standard InChI is InChI=1S/C31H47N3O5/c1-29-11-8-22(33(3)28(37)34-15-14-32-17-23(34)18-35)16-21(29)5-6-26-25(29)9-12-30(2)24(10-13-31(26,30)38)20-4-7-27(36)39-19-20/h4,7,19,21-26,32,35,38H,5-6,8-18H2,1-3H3/t21-,22+,23+,24-,25+,26-,29+,30-,31+/m1/s1. The van der Waals surface area contributed by atoms with Crippen molar-refractivity contribution in [2.24, 2.45) is 28.6 Å². The van der Waals surface area contributed by atoms with E-state index in [9.17, 15) is 19.8 Å². The van der Waals surface area contributed by atoms with E-state index in [-0.39, 0.29) is 47.1 Å². The first-order chi connectivity index (χ1) is 18.6. The number of hydrogen-bond acceptors (Lipinski definition) is 6. The van der Waals surface area contributed by atoms with Crippen molar-refractivity contribution < 1.29 is 19.4 Å². The molecule has 216 valence electrons. The molecular weight excluding hydrogens is 494 g/mol. The number of piperazine rings is 1. The zero-order valence-corrected chi connectivity index (χ0v) is 23.9. The molecule has 6 rings (SSSR count). The van der Waals surface area contributed by atoms with Crippen molar-refractivity contribution in [2.75, 3.05) is 33.3 Å². The molecule has 0 aromatic carbocycles. The second-order valence-electron chi connectivity index (χ2n) is 13.9. The Morgan fingerprint density at radius 2 is 1.95 bits per heavy atom. The average Bonchev–Trinajstić information content (AvgIpc) is 3.23. The van der Waals surface area contributed by atoms with Gasteiger partial charge in [-0.2, -0.15) is 0 Å². The van der Waals surface area contributed by atoms with Crippen LogP contribution in [0.4, 0.5) is 4.79 Å². The number of amides is 2. The van der Waals surface area contributed by atoms with Gasteiger partial charge in [0.05, 0.1) is 24.5 Å². The molecule has 0 bridgehead atoms. The van der Waals surface area contributed by atoms with Crippen LogP contribution in [0.2, 0.25) is 0 Å². The fourth-order valence-corrected chi connectivity index (χ4v) is 10.2. The number of carbonyl (C=O) groups excluding carboxylic acids is 1. The minimum absolute atomic E-state index is 0.0115. The zero-order valence-electron chi connectivity index (χ0n) is 23.9. The summed E-state index contributed by atoms with van der Waals surface area (Å²) in [5.74, 6) is 1.55. The second-order valence-corrected chi connectivity index (χ2v) is 13.9. The van der Waals surface area contributed by atoms with Crippen molar-refractivity contribution in [1.82, 2.24) is 15.1 Å². The summed E-state index contributed by atoms with van der Waals surface area (Å²) in [6.45, 7) is 6.81. The van der Waals surface area contributed by atoms with Gasteiger partial charge in [0.2, 0.25) is 0 Å². The van der Waals surface area contributed by atoms with E-state index in [1.165, 1.54) is 6.07 Å². The Balaban J connectivity index is 1.18. The average molecular weight is 542 g/mol. The third-order valence-corrected chi connectivity index (χ3v) is 12.6. The van der Waals surface area contributed by atoms with Crippen molar-refractivity contribution >= 4 is 6.03 Å². The molecule has 39 heavy (non-hydrogen) atoms. The second kappa shape index (κ2) is 9.88. The Kier molecular flexibility index (Phi) is 6.91. The van der Waals surface area contributed by atoms with E-state index in [0.717, 1.165) is 69.9 Å². The molecular formula is C31H47N3O5. The Bertz CT molecular complexity index is 1120. The van der Waals surface area contributed by atoms with E-state index >= 15 is 0 Å². The van der Waals surface area contributed by atoms with Crippen molar-refractivity contribution in [1.29, 1.82) is 0 Å². The number of nitrogens with one attached hydrogen (secondary N) is 1. The molecule has 2 amide bonds. The smallest absolute Gasteiger partial charge is 0.335 e. The summed E-state index contributed by atoms with van der Waals surface area (Å²) in [5, 5.41) is 25.6. The third kappa shape index (κ3) is 4.11. The van der Waals surface area contributed by atoms with E-state index in [2.05, 4.69) is 19.2 Å². The molecule has 1 saturated heterocycles. The Labute approximate surface area is 232 Å². The van der Waals surface area contributed by atoms with Crippen molar-refractivity contribution in [3.05, 3.63) is 34.4 Å². The maximum absolute atomic E-state index is 13.5. The summed E-state index contributed by atoms with van der Waals surface area (Å²) >= 11 is 0. The molecule has 0 radical (unpaired) electrons. The fourth-order valence-electron chi connectivity index (χ4n) is 10.2. The molecule has 1 aliphatic heterocycles. The number of carbonyl (C=O) groups is 1. The van der Waals surface area contributed by atoms with Gasteiger partial charge < -0.3 is 29.7 Å². The summed E-state index contributed by atoms with van der Waals surface area (Å²) in [6, 6.07) is 3.54. The monoisotopic (exact) mass is 541 g/mol. The highest BCUT2D eigenvalue weighted by atomic mass is 16.4. The summed E-state index contributed by atoms with van der Waals surface area (Å²) in [6.07, 6.45) is 10.7. The predicted octanol–water partition coefficient (Wildman–Crippen LogP) is 3.57. The van der Waals surface area contributed by atoms with Crippen LogP contribution in [0.25, 0.3) is 0 Å². The van der Waals surface area contributed by atoms with E-state index < -0.39 is 5.60 Å². The topological polar surface area (TPSA) is 106 Å². The number of fused-ring (bicyclic) bond motifs is 5. The van der Waals surface area contributed by atoms with Crippen LogP contribution in [-0.4, -0.2) is 77.0 Å². The molecule has 5 fully saturated rings. The lowest BCUT2D eigenvalue weighted by atomic mass is 9.43. The van der Waals surface area contributed by atoms with E-state index in [4.69, 9.17) is 4.42 Å². The van der Waals surface area contributed by atoms with Crippen LogP contribution in [-0.2, 0) is 0 Å². The van der Waals surface area contributed by atoms with Gasteiger partial charge in [-0.05, 0) is 98.5 Å². The Hall–Kier alpha value is -1.90. The van der Waals surface area contributed by atoms with Gasteiger partial charge in [0.1, 0.15) is 0 Å². The van der Waals surface area contributed by atoms with Gasteiger partial charge in [-0.1, -0.05) is 13.8 Å². The van der Waals surface area contributed by atoms with Crippen LogP contribution in [0, 0.1) is 28.6 Å². The number of aliphatic hydroxyl groups is 2. The van der Waals surface area contributed by atoms with Gasteiger partial charge in [0.15, 0.2) is 0 Å². The van der Waals surface area contributed by atoms with Crippen molar-refractivity contribution in [3.63, 3.8) is 0 Å². The fraction of sp³-hybridized carbons (Fsp3) is 0.806. The predicted molar refractivity (Wildman–Crippen MR) is 148 cm³/mol. The highest BCUT2D eigenvalue weighted by Gasteiger charge is 2.67. The number of aliphatic hydroxyl groups excluding tert-OH is 1. The Morgan fingerprint density at radius 1 is 1.13 bits per heavy atom. The normalized spacial score (nSPS) is 43.8. The van der Waals surface area contributed by atoms with Crippen LogP contribution in [0.15, 0.2) is 27.6 Å². The molecule has 9 atom stereocenters. The quantitative estimate of drug-likeness (QED) is 0.540. The number of hydrogen-bond donors (Lipinski definition) is 3. The van der Waals surface area contributed by atoms with Crippen molar-refractivity contribution in [3.8, 4) is 0 Å². The zero-order chi connectivity index (χ0) is 27.6. The van der Waals surface area contributed by atoms with Gasteiger partial charge in [-0.15, -0.1) is 0 Å². The minimum Gasteiger partial charge on any atom is -0.431 e. The lowest BCUT2D eigenvalue weighted by Gasteiger charge is -2.64. The van der Waals surface area contributed by atoms with E-state index in [1.807, 2.05) is 22.9 Å². The van der Waals surface area contributed by atoms with E-state index in [1.54, 1.807) is 6.26 Å². The molecule has 8 heteroatoms. The molecule has 4 aliphatic carbocycles. The molecule has 1 aromatic heterocycles. The molecule has 5 aliphatic rings. The van der Waals surface area contributed by atoms with Crippen LogP contribution in [0.5, 0.6) is 0 Å². The molecule has 0 unspecified atom stereocenters. The molecule has 2 heterocycles. The SMILES string of the molecule is CN(C(=O)N1CCNC[C@H]1CO)[C@H]1CC[C@@]2(C)[C@H](CC[C@@H]3[C@@H]2CC[C@]2(C)[C@@H](c4ccc(=O)oc4)CC[C@]32O)C1. The van der Waals surface area contributed by atoms with Gasteiger partial charge in [0.25, 0.3) is 0 Å². The van der Waals surface area contributed by atoms with Crippen molar-refractivity contribution in [2.45, 2.75) is 95.2 Å². The molecule has 8 nitrogen and oxygen atoms in total. The van der Waals surface area contributed by atoms with Gasteiger partial charge in [-0.25, -0.2) is 9.59 Å². The van der Waals surface area contributed by atoms with Crippen LogP contribution in [0.1, 0.15) is 83.1 Å². The summed E-state index contributed by atoms with van der Waals surface area (Å²) in [4.78, 5) is 28.9. The number of nitrogens with zero attached hydrogens (tertiary/aromatic N) is 2. The largest absolute Gasteiger partial charge is 0.431 e. The van der Waals surface area contributed by atoms with E-state index in [0.29, 0.717) is 30.8 Å². The highest BCUT2D eigenvalue weighted by Crippen LogP contribution is 2.70. The number of urea groups is 1. The maximum atomic E-state index is 13.5. The maximum Gasteiger partial charge on any atom is 0.335 e. The van der Waals surface area contributed by atoms with Gasteiger partial charge in [0, 0.05) is 44.2 Å². The highest BCUT2D eigenvalue weighted by molar-refractivity contribution is 5.75. The molecule has 0 spiro atoms. The minimum atomic E-state index is -0.699. The van der Waals surface area contributed by atoms with Crippen LogP contribution in [0.3, 0.4) is 0 Å². The third-order valence-electron chi connectivity index (χ3n) is 12.6.